The summed E-state index contributed by atoms with van der Waals surface area (Å²) < 4.78 is 0. The van der Waals surface area contributed by atoms with Crippen LogP contribution in [0.3, 0.4) is 0 Å². The van der Waals surface area contributed by atoms with Gasteiger partial charge in [0.05, 0.1) is 18.1 Å². The van der Waals surface area contributed by atoms with Crippen molar-refractivity contribution in [3.05, 3.63) is 23.8 Å². The molecule has 0 saturated heterocycles. The Bertz CT molecular complexity index is 394. The number of nitriles is 1. The van der Waals surface area contributed by atoms with Gasteiger partial charge in [0.2, 0.25) is 0 Å². The summed E-state index contributed by atoms with van der Waals surface area (Å²) in [4.78, 5) is 0. The van der Waals surface area contributed by atoms with E-state index in [1.165, 1.54) is 6.92 Å². The highest BCUT2D eigenvalue weighted by molar-refractivity contribution is 5.62. The molecule has 0 aliphatic carbocycles. The van der Waals surface area contributed by atoms with Crippen LogP contribution >= 0.6 is 0 Å². The summed E-state index contributed by atoms with van der Waals surface area (Å²) in [5.74, 6) is -0.700. The van der Waals surface area contributed by atoms with E-state index in [2.05, 4.69) is 0 Å². The average Bonchev–Trinajstić information content (AvgIpc) is 2.26. The van der Waals surface area contributed by atoms with Crippen molar-refractivity contribution in [1.82, 2.24) is 0 Å². The zero-order valence-electron chi connectivity index (χ0n) is 8.96. The van der Waals surface area contributed by atoms with Gasteiger partial charge in [-0.15, -0.1) is 0 Å². The van der Waals surface area contributed by atoms with Crippen LogP contribution in [0.1, 0.15) is 18.6 Å². The molecule has 1 aromatic rings. The predicted molar refractivity (Wildman–Crippen MR) is 61.0 cm³/mol. The summed E-state index contributed by atoms with van der Waals surface area (Å²) in [6.45, 7) is 1.52. The van der Waals surface area contributed by atoms with Gasteiger partial charge in [0.25, 0.3) is 0 Å². The molecular weight excluding hydrogens is 206 g/mol. The van der Waals surface area contributed by atoms with Crippen molar-refractivity contribution in [3.63, 3.8) is 0 Å². The van der Waals surface area contributed by atoms with Gasteiger partial charge < -0.3 is 21.7 Å². The van der Waals surface area contributed by atoms with E-state index in [4.69, 9.17) is 16.7 Å². The summed E-state index contributed by atoms with van der Waals surface area (Å²) in [6.07, 6.45) is -2.46. The molecule has 1 unspecified atom stereocenters. The summed E-state index contributed by atoms with van der Waals surface area (Å²) in [7, 11) is 0. The van der Waals surface area contributed by atoms with E-state index in [9.17, 15) is 10.2 Å². The van der Waals surface area contributed by atoms with Crippen LogP contribution in [-0.2, 0) is 0 Å². The van der Waals surface area contributed by atoms with Gasteiger partial charge in [0, 0.05) is 16.9 Å². The van der Waals surface area contributed by atoms with Gasteiger partial charge >= 0.3 is 0 Å². The molecule has 0 spiro atoms. The third kappa shape index (κ3) is 2.24. The molecule has 1 aromatic carbocycles. The largest absolute Gasteiger partial charge is 0.398 e. The van der Waals surface area contributed by atoms with Crippen molar-refractivity contribution in [2.75, 3.05) is 11.5 Å². The Morgan fingerprint density at radius 3 is 2.19 bits per heavy atom. The van der Waals surface area contributed by atoms with Gasteiger partial charge in [-0.1, -0.05) is 6.07 Å². The van der Waals surface area contributed by atoms with Crippen molar-refractivity contribution in [2.24, 2.45) is 5.92 Å². The van der Waals surface area contributed by atoms with E-state index < -0.39 is 18.1 Å². The molecule has 86 valence electrons. The van der Waals surface area contributed by atoms with Crippen LogP contribution in [0.2, 0.25) is 0 Å². The molecular formula is C11H15N3O2. The molecule has 0 aromatic heterocycles. The summed E-state index contributed by atoms with van der Waals surface area (Å²) in [6, 6.07) is 6.68. The lowest BCUT2D eigenvalue weighted by Gasteiger charge is -2.22. The molecule has 0 radical (unpaired) electrons. The van der Waals surface area contributed by atoms with E-state index in [1.807, 2.05) is 6.07 Å². The van der Waals surface area contributed by atoms with Gasteiger partial charge in [-0.25, -0.2) is 0 Å². The number of aliphatic hydroxyl groups excluding tert-OH is 2. The SMILES string of the molecule is CC(C#N)[C@@H](O)[C@H](O)c1c(N)cccc1N. The normalized spacial score (nSPS) is 16.1. The molecule has 0 aliphatic rings. The zero-order chi connectivity index (χ0) is 12.3. The fraction of sp³-hybridized carbons (Fsp3) is 0.364. The monoisotopic (exact) mass is 221 g/mol. The molecule has 3 atom stereocenters. The molecule has 0 saturated carbocycles. The Labute approximate surface area is 93.9 Å². The Kier molecular flexibility index (Phi) is 3.72. The summed E-state index contributed by atoms with van der Waals surface area (Å²) in [5.41, 5.74) is 12.2. The van der Waals surface area contributed by atoms with Crippen LogP contribution in [0.5, 0.6) is 0 Å². The molecule has 5 heteroatoms. The van der Waals surface area contributed by atoms with Crippen LogP contribution in [0.4, 0.5) is 11.4 Å². The topological polar surface area (TPSA) is 116 Å². The standard InChI is InChI=1S/C11H15N3O2/c1-6(5-12)10(15)11(16)9-7(13)3-2-4-8(9)14/h2-4,6,10-11,15-16H,13-14H2,1H3/t6?,10-,11-/m1/s1. The van der Waals surface area contributed by atoms with E-state index >= 15 is 0 Å². The van der Waals surface area contributed by atoms with Gasteiger partial charge in [0.15, 0.2) is 0 Å². The predicted octanol–water partition coefficient (Wildman–Crippen LogP) is 0.405. The number of benzene rings is 1. The number of nitrogen functional groups attached to an aromatic ring is 2. The lowest BCUT2D eigenvalue weighted by Crippen LogP contribution is -2.26. The lowest BCUT2D eigenvalue weighted by atomic mass is 9.94. The van der Waals surface area contributed by atoms with Crippen molar-refractivity contribution in [1.29, 1.82) is 5.26 Å². The molecule has 1 rings (SSSR count). The minimum atomic E-state index is -1.25. The number of rotatable bonds is 3. The highest BCUT2D eigenvalue weighted by atomic mass is 16.3. The first-order valence-electron chi connectivity index (χ1n) is 4.88. The molecule has 0 bridgehead atoms. The maximum atomic E-state index is 9.89. The Morgan fingerprint density at radius 1 is 1.25 bits per heavy atom. The Balaban J connectivity index is 3.06. The van der Waals surface area contributed by atoms with E-state index in [0.717, 1.165) is 0 Å². The zero-order valence-corrected chi connectivity index (χ0v) is 8.96. The van der Waals surface area contributed by atoms with Crippen molar-refractivity contribution < 1.29 is 10.2 Å². The number of aliphatic hydroxyl groups is 2. The maximum absolute atomic E-state index is 9.89. The number of nitrogens with zero attached hydrogens (tertiary/aromatic N) is 1. The highest BCUT2D eigenvalue weighted by Gasteiger charge is 2.27. The average molecular weight is 221 g/mol. The molecule has 0 amide bonds. The number of anilines is 2. The maximum Gasteiger partial charge on any atom is 0.110 e. The third-order valence-electron chi connectivity index (χ3n) is 2.51. The fourth-order valence-electron chi connectivity index (χ4n) is 1.46. The Hall–Kier alpha value is -1.77. The van der Waals surface area contributed by atoms with Crippen molar-refractivity contribution in [3.8, 4) is 6.07 Å². The number of hydrogen-bond acceptors (Lipinski definition) is 5. The first-order valence-corrected chi connectivity index (χ1v) is 4.88. The highest BCUT2D eigenvalue weighted by Crippen LogP contribution is 2.30. The molecule has 0 aliphatic heterocycles. The van der Waals surface area contributed by atoms with Crippen LogP contribution in [-0.4, -0.2) is 16.3 Å². The molecule has 0 fully saturated rings. The fourth-order valence-corrected chi connectivity index (χ4v) is 1.46. The lowest BCUT2D eigenvalue weighted by molar-refractivity contribution is -0.0000997. The number of hydrogen-bond donors (Lipinski definition) is 4. The van der Waals surface area contributed by atoms with Crippen LogP contribution in [0, 0.1) is 17.2 Å². The first kappa shape index (κ1) is 12.3. The Morgan fingerprint density at radius 2 is 1.75 bits per heavy atom. The van der Waals surface area contributed by atoms with Gasteiger partial charge in [0.1, 0.15) is 6.10 Å². The van der Waals surface area contributed by atoms with E-state index in [1.54, 1.807) is 18.2 Å². The number of nitrogens with two attached hydrogens (primary N) is 2. The van der Waals surface area contributed by atoms with Crippen molar-refractivity contribution >= 4 is 11.4 Å². The van der Waals surface area contributed by atoms with E-state index in [-0.39, 0.29) is 5.56 Å². The minimum absolute atomic E-state index is 0.275. The second-order valence-corrected chi connectivity index (χ2v) is 3.70. The van der Waals surface area contributed by atoms with Crippen LogP contribution < -0.4 is 11.5 Å². The van der Waals surface area contributed by atoms with Gasteiger partial charge in [-0.05, 0) is 19.1 Å². The second-order valence-electron chi connectivity index (χ2n) is 3.70. The second kappa shape index (κ2) is 4.84. The summed E-state index contributed by atoms with van der Waals surface area (Å²) in [5, 5.41) is 28.3. The van der Waals surface area contributed by atoms with Gasteiger partial charge in [-0.3, -0.25) is 0 Å². The summed E-state index contributed by atoms with van der Waals surface area (Å²) >= 11 is 0. The third-order valence-corrected chi connectivity index (χ3v) is 2.51. The van der Waals surface area contributed by atoms with E-state index in [0.29, 0.717) is 11.4 Å². The van der Waals surface area contributed by atoms with Gasteiger partial charge in [-0.2, -0.15) is 5.26 Å². The first-order chi connectivity index (χ1) is 7.49. The smallest absolute Gasteiger partial charge is 0.110 e. The quantitative estimate of drug-likeness (QED) is 0.551. The molecule has 6 N–H and O–H groups in total. The van der Waals surface area contributed by atoms with Crippen molar-refractivity contribution in [2.45, 2.75) is 19.1 Å². The van der Waals surface area contributed by atoms with Crippen LogP contribution in [0.15, 0.2) is 18.2 Å². The minimum Gasteiger partial charge on any atom is -0.398 e. The van der Waals surface area contributed by atoms with Crippen LogP contribution in [0.25, 0.3) is 0 Å². The molecule has 16 heavy (non-hydrogen) atoms. The molecule has 5 nitrogen and oxygen atoms in total. The molecule has 0 heterocycles.